The van der Waals surface area contributed by atoms with Gasteiger partial charge in [-0.25, -0.2) is 0 Å². The van der Waals surface area contributed by atoms with E-state index < -0.39 is 0 Å². The van der Waals surface area contributed by atoms with Crippen LogP contribution in [-0.4, -0.2) is 25.7 Å². The summed E-state index contributed by atoms with van der Waals surface area (Å²) in [4.78, 5) is 0. The van der Waals surface area contributed by atoms with Gasteiger partial charge in [-0.3, -0.25) is 0 Å². The van der Waals surface area contributed by atoms with Gasteiger partial charge in [0.15, 0.2) is 0 Å². The maximum absolute atomic E-state index is 3.77. The summed E-state index contributed by atoms with van der Waals surface area (Å²) in [5.41, 5.74) is 0.826. The van der Waals surface area contributed by atoms with E-state index in [4.69, 9.17) is 0 Å². The molecule has 0 aromatic heterocycles. The van der Waals surface area contributed by atoms with Crippen LogP contribution in [0.2, 0.25) is 0 Å². The number of unbranched alkanes of at least 4 members (excludes halogenated alkanes) is 1. The monoisotopic (exact) mass is 296 g/mol. The van der Waals surface area contributed by atoms with E-state index in [1.165, 1.54) is 64.5 Å². The highest BCUT2D eigenvalue weighted by atomic mass is 14.9. The lowest BCUT2D eigenvalue weighted by Gasteiger charge is -2.35. The van der Waals surface area contributed by atoms with Crippen molar-refractivity contribution in [2.24, 2.45) is 10.8 Å². The topological polar surface area (TPSA) is 24.1 Å². The van der Waals surface area contributed by atoms with Crippen molar-refractivity contribution in [1.82, 2.24) is 10.6 Å². The molecule has 0 aromatic rings. The minimum Gasteiger partial charge on any atom is -0.316 e. The van der Waals surface area contributed by atoms with Crippen molar-refractivity contribution in [2.75, 3.05) is 19.6 Å². The van der Waals surface area contributed by atoms with Crippen LogP contribution in [0, 0.1) is 10.8 Å². The average molecular weight is 297 g/mol. The predicted molar refractivity (Wildman–Crippen MR) is 94.8 cm³/mol. The molecule has 1 fully saturated rings. The molecule has 0 saturated heterocycles. The van der Waals surface area contributed by atoms with Gasteiger partial charge in [0.05, 0.1) is 0 Å². The van der Waals surface area contributed by atoms with Gasteiger partial charge < -0.3 is 10.6 Å². The third-order valence-electron chi connectivity index (χ3n) is 4.86. The third kappa shape index (κ3) is 8.83. The highest BCUT2D eigenvalue weighted by molar-refractivity contribution is 4.82. The zero-order valence-electron chi connectivity index (χ0n) is 15.4. The molecule has 0 bridgehead atoms. The minimum atomic E-state index is 0.393. The molecular weight excluding hydrogens is 256 g/mol. The van der Waals surface area contributed by atoms with E-state index in [2.05, 4.69) is 45.3 Å². The Bertz CT molecular complexity index is 265. The summed E-state index contributed by atoms with van der Waals surface area (Å²) in [5.74, 6) is 0. The molecule has 1 aliphatic rings. The number of rotatable bonds is 11. The van der Waals surface area contributed by atoms with E-state index in [1.54, 1.807) is 0 Å². The molecule has 0 atom stereocenters. The van der Waals surface area contributed by atoms with Crippen molar-refractivity contribution in [1.29, 1.82) is 0 Å². The molecule has 1 rings (SSSR count). The molecule has 0 amide bonds. The largest absolute Gasteiger partial charge is 0.316 e. The van der Waals surface area contributed by atoms with Crippen LogP contribution in [0.1, 0.15) is 86.0 Å². The number of nitrogens with one attached hydrogen (secondary N) is 2. The van der Waals surface area contributed by atoms with Crippen LogP contribution in [0.5, 0.6) is 0 Å². The number of hydrogen-bond donors (Lipinski definition) is 2. The van der Waals surface area contributed by atoms with Crippen molar-refractivity contribution < 1.29 is 0 Å². The van der Waals surface area contributed by atoms with Crippen molar-refractivity contribution in [3.05, 3.63) is 0 Å². The van der Waals surface area contributed by atoms with E-state index in [1.807, 2.05) is 0 Å². The molecular formula is C19H40N2. The summed E-state index contributed by atoms with van der Waals surface area (Å²) in [5, 5.41) is 7.40. The fourth-order valence-electron chi connectivity index (χ4n) is 3.92. The van der Waals surface area contributed by atoms with Gasteiger partial charge in [-0.1, -0.05) is 53.9 Å². The Labute approximate surface area is 133 Å². The zero-order valence-corrected chi connectivity index (χ0v) is 15.4. The van der Waals surface area contributed by atoms with Crippen LogP contribution in [-0.2, 0) is 0 Å². The molecule has 0 unspecified atom stereocenters. The molecule has 126 valence electrons. The second-order valence-electron chi connectivity index (χ2n) is 8.72. The maximum atomic E-state index is 3.77. The maximum Gasteiger partial charge on any atom is 0.00670 e. The molecule has 0 aromatic carbocycles. The van der Waals surface area contributed by atoms with Crippen molar-refractivity contribution in [3.8, 4) is 0 Å². The second-order valence-corrected chi connectivity index (χ2v) is 8.72. The summed E-state index contributed by atoms with van der Waals surface area (Å²) in [6, 6.07) is 0.810. The van der Waals surface area contributed by atoms with Crippen LogP contribution in [0.4, 0.5) is 0 Å². The molecule has 0 aliphatic heterocycles. The summed E-state index contributed by atoms with van der Waals surface area (Å²) < 4.78 is 0. The van der Waals surface area contributed by atoms with Crippen molar-refractivity contribution in [3.63, 3.8) is 0 Å². The fraction of sp³-hybridized carbons (Fsp3) is 1.00. The molecule has 1 aliphatic carbocycles. The molecule has 0 heterocycles. The zero-order chi connectivity index (χ0) is 15.8. The van der Waals surface area contributed by atoms with Crippen LogP contribution >= 0.6 is 0 Å². The minimum absolute atomic E-state index is 0.393. The predicted octanol–water partition coefficient (Wildman–Crippen LogP) is 4.74. The Morgan fingerprint density at radius 2 is 1.62 bits per heavy atom. The molecule has 0 spiro atoms. The highest BCUT2D eigenvalue weighted by Crippen LogP contribution is 2.35. The van der Waals surface area contributed by atoms with Gasteiger partial charge in [-0.15, -0.1) is 0 Å². The van der Waals surface area contributed by atoms with Crippen molar-refractivity contribution in [2.45, 2.75) is 92.0 Å². The smallest absolute Gasteiger partial charge is 0.00670 e. The molecule has 1 saturated carbocycles. The Kier molecular flexibility index (Phi) is 8.26. The van der Waals surface area contributed by atoms with E-state index in [0.29, 0.717) is 10.8 Å². The lowest BCUT2D eigenvalue weighted by molar-refractivity contribution is 0.176. The highest BCUT2D eigenvalue weighted by Gasteiger charge is 2.28. The first-order chi connectivity index (χ1) is 9.85. The Hall–Kier alpha value is -0.0800. The second kappa shape index (κ2) is 9.15. The summed E-state index contributed by atoms with van der Waals surface area (Å²) >= 11 is 0. The quantitative estimate of drug-likeness (QED) is 0.538. The third-order valence-corrected chi connectivity index (χ3v) is 4.86. The Morgan fingerprint density at radius 1 is 0.952 bits per heavy atom. The molecule has 2 nitrogen and oxygen atoms in total. The van der Waals surface area contributed by atoms with Gasteiger partial charge in [0.1, 0.15) is 0 Å². The van der Waals surface area contributed by atoms with Gasteiger partial charge in [-0.2, -0.15) is 0 Å². The van der Waals surface area contributed by atoms with Crippen LogP contribution in [0.25, 0.3) is 0 Å². The van der Waals surface area contributed by atoms with E-state index in [0.717, 1.165) is 12.6 Å². The first-order valence-electron chi connectivity index (χ1n) is 9.29. The summed E-state index contributed by atoms with van der Waals surface area (Å²) in [7, 11) is 0. The van der Waals surface area contributed by atoms with Gasteiger partial charge in [-0.05, 0) is 56.0 Å². The normalized spacial score (nSPS) is 17.6. The lowest BCUT2D eigenvalue weighted by Crippen LogP contribution is -2.36. The van der Waals surface area contributed by atoms with Crippen LogP contribution in [0.15, 0.2) is 0 Å². The molecule has 2 heteroatoms. The lowest BCUT2D eigenvalue weighted by atomic mass is 9.73. The average Bonchev–Trinajstić information content (AvgIpc) is 2.86. The van der Waals surface area contributed by atoms with Gasteiger partial charge in [0.25, 0.3) is 0 Å². The fourth-order valence-corrected chi connectivity index (χ4v) is 3.92. The summed E-state index contributed by atoms with van der Waals surface area (Å²) in [6.07, 6.45) is 10.8. The molecule has 21 heavy (non-hydrogen) atoms. The summed E-state index contributed by atoms with van der Waals surface area (Å²) in [6.45, 7) is 15.5. The number of hydrogen-bond acceptors (Lipinski definition) is 2. The molecule has 2 N–H and O–H groups in total. The SMILES string of the molecule is CCCCNCC(C)(C)CC(C)(C)CCNC1CCCC1. The van der Waals surface area contributed by atoms with E-state index in [9.17, 15) is 0 Å². The standard InChI is InChI=1S/C19H40N2/c1-6-7-13-20-16-19(4,5)15-18(2,3)12-14-21-17-10-8-9-11-17/h17,20-21H,6-16H2,1-5H3. The van der Waals surface area contributed by atoms with E-state index >= 15 is 0 Å². The Morgan fingerprint density at radius 3 is 2.24 bits per heavy atom. The Balaban J connectivity index is 2.21. The van der Waals surface area contributed by atoms with E-state index in [-0.39, 0.29) is 0 Å². The first kappa shape index (κ1) is 19.0. The van der Waals surface area contributed by atoms with Crippen LogP contribution < -0.4 is 10.6 Å². The van der Waals surface area contributed by atoms with Gasteiger partial charge >= 0.3 is 0 Å². The first-order valence-corrected chi connectivity index (χ1v) is 9.29. The van der Waals surface area contributed by atoms with Gasteiger partial charge in [0, 0.05) is 12.6 Å². The molecule has 0 radical (unpaired) electrons. The van der Waals surface area contributed by atoms with Crippen molar-refractivity contribution >= 4 is 0 Å². The van der Waals surface area contributed by atoms with Gasteiger partial charge in [0.2, 0.25) is 0 Å². The van der Waals surface area contributed by atoms with Crippen LogP contribution in [0.3, 0.4) is 0 Å².